The van der Waals surface area contributed by atoms with Crippen LogP contribution >= 0.6 is 11.8 Å². The molecule has 4 rings (SSSR count). The number of ether oxygens (including phenoxy) is 2. The van der Waals surface area contributed by atoms with Crippen molar-refractivity contribution in [2.75, 3.05) is 44.9 Å². The van der Waals surface area contributed by atoms with Gasteiger partial charge in [0.25, 0.3) is 5.91 Å². The van der Waals surface area contributed by atoms with Gasteiger partial charge in [0.1, 0.15) is 5.75 Å². The minimum absolute atomic E-state index is 0.0310. The standard InChI is InChI=1S/C23H25N3O3S/c1-3-26-22(27)21(30-23(26)24-18-7-5-4-6-8-18)15-17-9-10-19(16-20(17)28-2)25-11-13-29-14-12-25/h4-10,15-16H,3,11-14H2,1-2H3/b21-15-,24-23?. The van der Waals surface area contributed by atoms with Crippen molar-refractivity contribution in [2.45, 2.75) is 6.92 Å². The minimum Gasteiger partial charge on any atom is -0.496 e. The summed E-state index contributed by atoms with van der Waals surface area (Å²) in [5.41, 5.74) is 2.81. The van der Waals surface area contributed by atoms with Gasteiger partial charge in [-0.15, -0.1) is 0 Å². The molecule has 0 bridgehead atoms. The van der Waals surface area contributed by atoms with Gasteiger partial charge in [-0.2, -0.15) is 0 Å². The summed E-state index contributed by atoms with van der Waals surface area (Å²) in [6, 6.07) is 15.8. The van der Waals surface area contributed by atoms with Crippen molar-refractivity contribution >= 4 is 40.3 Å². The number of nitrogens with zero attached hydrogens (tertiary/aromatic N) is 3. The Morgan fingerprint density at radius 2 is 1.93 bits per heavy atom. The molecule has 2 saturated heterocycles. The Hall–Kier alpha value is -2.77. The molecule has 0 aromatic heterocycles. The third-order valence-corrected chi connectivity index (χ3v) is 6.07. The van der Waals surface area contributed by atoms with E-state index in [-0.39, 0.29) is 5.91 Å². The summed E-state index contributed by atoms with van der Waals surface area (Å²) >= 11 is 1.40. The van der Waals surface area contributed by atoms with E-state index in [4.69, 9.17) is 9.47 Å². The maximum absolute atomic E-state index is 12.9. The number of aliphatic imine (C=N–C) groups is 1. The van der Waals surface area contributed by atoms with E-state index >= 15 is 0 Å². The lowest BCUT2D eigenvalue weighted by atomic mass is 10.1. The molecule has 0 unspecified atom stereocenters. The fourth-order valence-corrected chi connectivity index (χ4v) is 4.52. The van der Waals surface area contributed by atoms with Crippen LogP contribution in [-0.4, -0.2) is 55.9 Å². The summed E-state index contributed by atoms with van der Waals surface area (Å²) < 4.78 is 11.1. The van der Waals surface area contributed by atoms with Crippen molar-refractivity contribution in [3.63, 3.8) is 0 Å². The monoisotopic (exact) mass is 423 g/mol. The molecule has 0 N–H and O–H groups in total. The molecule has 0 aliphatic carbocycles. The first-order chi connectivity index (χ1) is 14.7. The number of morpholine rings is 1. The number of likely N-dealkylation sites (N-methyl/N-ethyl adjacent to an activating group) is 1. The molecule has 2 aromatic carbocycles. The second kappa shape index (κ2) is 9.36. The molecule has 6 nitrogen and oxygen atoms in total. The van der Waals surface area contributed by atoms with Crippen LogP contribution in [0.15, 0.2) is 58.4 Å². The quantitative estimate of drug-likeness (QED) is 0.676. The third-order valence-electron chi connectivity index (χ3n) is 5.07. The number of rotatable bonds is 5. The number of carbonyl (C=O) groups excluding carboxylic acids is 1. The summed E-state index contributed by atoms with van der Waals surface area (Å²) in [6.07, 6.45) is 1.89. The number of amides is 1. The molecule has 156 valence electrons. The van der Waals surface area contributed by atoms with Crippen LogP contribution in [0.1, 0.15) is 12.5 Å². The molecule has 1 amide bonds. The van der Waals surface area contributed by atoms with Gasteiger partial charge in [0.15, 0.2) is 5.17 Å². The number of para-hydroxylation sites is 1. The van der Waals surface area contributed by atoms with Crippen LogP contribution in [-0.2, 0) is 9.53 Å². The van der Waals surface area contributed by atoms with Crippen LogP contribution < -0.4 is 9.64 Å². The summed E-state index contributed by atoms with van der Waals surface area (Å²) in [5.74, 6) is 0.716. The summed E-state index contributed by atoms with van der Waals surface area (Å²) in [4.78, 5) is 22.2. The number of methoxy groups -OCH3 is 1. The SMILES string of the molecule is CCN1C(=O)/C(=C/c2ccc(N3CCOCC3)cc2OC)SC1=Nc1ccccc1. The Labute approximate surface area is 181 Å². The lowest BCUT2D eigenvalue weighted by Gasteiger charge is -2.29. The molecule has 2 aromatic rings. The Balaban J connectivity index is 1.62. The first kappa shape index (κ1) is 20.5. The Bertz CT molecular complexity index is 969. The highest BCUT2D eigenvalue weighted by Gasteiger charge is 2.32. The number of carbonyl (C=O) groups is 1. The van der Waals surface area contributed by atoms with E-state index < -0.39 is 0 Å². The first-order valence-corrected chi connectivity index (χ1v) is 10.9. The Morgan fingerprint density at radius 3 is 2.63 bits per heavy atom. The van der Waals surface area contributed by atoms with E-state index in [1.807, 2.05) is 55.5 Å². The number of anilines is 1. The summed E-state index contributed by atoms with van der Waals surface area (Å²) in [6.45, 7) is 5.72. The van der Waals surface area contributed by atoms with E-state index in [0.29, 0.717) is 16.6 Å². The zero-order valence-corrected chi connectivity index (χ0v) is 18.0. The first-order valence-electron chi connectivity index (χ1n) is 10.1. The number of thioether (sulfide) groups is 1. The lowest BCUT2D eigenvalue weighted by molar-refractivity contribution is -0.122. The van der Waals surface area contributed by atoms with Crippen molar-refractivity contribution in [1.29, 1.82) is 0 Å². The molecule has 0 atom stereocenters. The fraction of sp³-hybridized carbons (Fsp3) is 0.304. The number of hydrogen-bond donors (Lipinski definition) is 0. The number of amidine groups is 1. The van der Waals surface area contributed by atoms with Gasteiger partial charge in [0.05, 0.1) is 30.9 Å². The average Bonchev–Trinajstić information content (AvgIpc) is 3.09. The van der Waals surface area contributed by atoms with Gasteiger partial charge in [0, 0.05) is 37.0 Å². The maximum atomic E-state index is 12.9. The lowest BCUT2D eigenvalue weighted by Crippen LogP contribution is -2.36. The summed E-state index contributed by atoms with van der Waals surface area (Å²) in [7, 11) is 1.66. The van der Waals surface area contributed by atoms with Gasteiger partial charge in [-0.05, 0) is 49.0 Å². The van der Waals surface area contributed by atoms with Gasteiger partial charge < -0.3 is 14.4 Å². The second-order valence-corrected chi connectivity index (χ2v) is 7.92. The molecule has 2 heterocycles. The predicted molar refractivity (Wildman–Crippen MR) is 123 cm³/mol. The van der Waals surface area contributed by atoms with Crippen LogP contribution in [0.5, 0.6) is 5.75 Å². The second-order valence-electron chi connectivity index (χ2n) is 6.92. The van der Waals surface area contributed by atoms with Crippen molar-refractivity contribution in [1.82, 2.24) is 4.90 Å². The van der Waals surface area contributed by atoms with Crippen molar-refractivity contribution in [2.24, 2.45) is 4.99 Å². The third kappa shape index (κ3) is 4.37. The highest BCUT2D eigenvalue weighted by Crippen LogP contribution is 2.36. The van der Waals surface area contributed by atoms with Gasteiger partial charge in [0.2, 0.25) is 0 Å². The van der Waals surface area contributed by atoms with Crippen molar-refractivity contribution in [3.05, 3.63) is 59.0 Å². The Kier molecular flexibility index (Phi) is 6.40. The van der Waals surface area contributed by atoms with E-state index in [1.54, 1.807) is 12.0 Å². The van der Waals surface area contributed by atoms with E-state index in [1.165, 1.54) is 11.8 Å². The van der Waals surface area contributed by atoms with Crippen LogP contribution in [0, 0.1) is 0 Å². The van der Waals surface area contributed by atoms with Gasteiger partial charge in [-0.3, -0.25) is 9.69 Å². The number of hydrogen-bond acceptors (Lipinski definition) is 6. The largest absolute Gasteiger partial charge is 0.496 e. The molecular weight excluding hydrogens is 398 g/mol. The molecule has 0 saturated carbocycles. The van der Waals surface area contributed by atoms with Crippen LogP contribution in [0.3, 0.4) is 0 Å². The van der Waals surface area contributed by atoms with Crippen molar-refractivity contribution in [3.8, 4) is 5.75 Å². The normalized spacial score (nSPS) is 19.7. The van der Waals surface area contributed by atoms with E-state index in [0.717, 1.165) is 49.0 Å². The van der Waals surface area contributed by atoms with Gasteiger partial charge in [-0.25, -0.2) is 4.99 Å². The molecular formula is C23H25N3O3S. The predicted octanol–water partition coefficient (Wildman–Crippen LogP) is 4.16. The zero-order valence-electron chi connectivity index (χ0n) is 17.2. The molecule has 7 heteroatoms. The molecule has 2 aliphatic rings. The van der Waals surface area contributed by atoms with Crippen molar-refractivity contribution < 1.29 is 14.3 Å². The fourth-order valence-electron chi connectivity index (χ4n) is 3.46. The van der Waals surface area contributed by atoms with E-state index in [2.05, 4.69) is 16.0 Å². The maximum Gasteiger partial charge on any atom is 0.266 e. The molecule has 0 radical (unpaired) electrons. The van der Waals surface area contributed by atoms with Crippen LogP contribution in [0.4, 0.5) is 11.4 Å². The van der Waals surface area contributed by atoms with Crippen LogP contribution in [0.25, 0.3) is 6.08 Å². The molecule has 0 spiro atoms. The Morgan fingerprint density at radius 1 is 1.17 bits per heavy atom. The molecule has 30 heavy (non-hydrogen) atoms. The zero-order chi connectivity index (χ0) is 20.9. The number of benzene rings is 2. The van der Waals surface area contributed by atoms with Gasteiger partial charge >= 0.3 is 0 Å². The minimum atomic E-state index is -0.0310. The summed E-state index contributed by atoms with van der Waals surface area (Å²) in [5, 5.41) is 0.698. The topological polar surface area (TPSA) is 54.4 Å². The molecule has 2 fully saturated rings. The highest BCUT2D eigenvalue weighted by molar-refractivity contribution is 8.18. The van der Waals surface area contributed by atoms with E-state index in [9.17, 15) is 4.79 Å². The molecule has 2 aliphatic heterocycles. The van der Waals surface area contributed by atoms with Gasteiger partial charge in [-0.1, -0.05) is 18.2 Å². The smallest absolute Gasteiger partial charge is 0.266 e. The van der Waals surface area contributed by atoms with Crippen LogP contribution in [0.2, 0.25) is 0 Å². The highest BCUT2D eigenvalue weighted by atomic mass is 32.2. The average molecular weight is 424 g/mol.